The number of benzene rings is 3. The van der Waals surface area contributed by atoms with Crippen LogP contribution in [-0.2, 0) is 10.0 Å². The van der Waals surface area contributed by atoms with Crippen LogP contribution in [-0.4, -0.2) is 18.2 Å². The fraction of sp³-hybridized carbons (Fsp3) is 0. The van der Waals surface area contributed by atoms with Gasteiger partial charge in [0.2, 0.25) is 10.0 Å². The average molecular weight is 513 g/mol. The molecule has 0 bridgehead atoms. The molecule has 0 amide bonds. The number of nitrogens with two attached hydrogens (primary N) is 1. The quantitative estimate of drug-likeness (QED) is 0.340. The molecule has 31 heavy (non-hydrogen) atoms. The largest absolute Gasteiger partial charge is 0.240 e. The highest BCUT2D eigenvalue weighted by molar-refractivity contribution is 7.89. The summed E-state index contributed by atoms with van der Waals surface area (Å²) in [5.74, 6) is 0. The highest BCUT2D eigenvalue weighted by atomic mass is 35.5. The van der Waals surface area contributed by atoms with Gasteiger partial charge in [0.15, 0.2) is 0 Å². The van der Waals surface area contributed by atoms with Crippen molar-refractivity contribution in [1.82, 2.24) is 9.78 Å². The van der Waals surface area contributed by atoms with E-state index < -0.39 is 10.0 Å². The lowest BCUT2D eigenvalue weighted by Crippen LogP contribution is -2.16. The first kappa shape index (κ1) is 22.1. The summed E-state index contributed by atoms with van der Waals surface area (Å²) in [5, 5.41) is 11.6. The molecule has 0 spiro atoms. The van der Waals surface area contributed by atoms with Crippen LogP contribution in [0.25, 0.3) is 28.2 Å². The van der Waals surface area contributed by atoms with E-state index in [1.165, 1.54) is 10.7 Å². The molecule has 0 aliphatic carbocycles. The molecule has 0 saturated carbocycles. The topological polar surface area (TPSA) is 78.0 Å². The molecule has 4 rings (SSSR count). The van der Waals surface area contributed by atoms with E-state index in [0.29, 0.717) is 27.0 Å². The highest BCUT2D eigenvalue weighted by Crippen LogP contribution is 2.40. The molecule has 0 saturated heterocycles. The van der Waals surface area contributed by atoms with Crippen LogP contribution in [0, 0.1) is 0 Å². The van der Waals surface area contributed by atoms with Gasteiger partial charge in [0.1, 0.15) is 4.90 Å². The molecule has 0 atom stereocenters. The van der Waals surface area contributed by atoms with Gasteiger partial charge in [-0.25, -0.2) is 18.2 Å². The fourth-order valence-corrected chi connectivity index (χ4v) is 5.02. The Morgan fingerprint density at radius 3 is 2.03 bits per heavy atom. The summed E-state index contributed by atoms with van der Waals surface area (Å²) in [7, 11) is -4.03. The first-order chi connectivity index (χ1) is 14.6. The lowest BCUT2D eigenvalue weighted by Gasteiger charge is -2.13. The predicted molar refractivity (Wildman–Crippen MR) is 126 cm³/mol. The lowest BCUT2D eigenvalue weighted by molar-refractivity contribution is 0.596. The maximum atomic E-state index is 12.2. The molecule has 0 radical (unpaired) electrons. The van der Waals surface area contributed by atoms with E-state index in [2.05, 4.69) is 5.10 Å². The minimum Gasteiger partial charge on any atom is -0.231 e. The van der Waals surface area contributed by atoms with Gasteiger partial charge in [-0.15, -0.1) is 0 Å². The van der Waals surface area contributed by atoms with Crippen LogP contribution in [0.15, 0.2) is 71.6 Å². The van der Waals surface area contributed by atoms with Crippen molar-refractivity contribution in [3.8, 4) is 28.2 Å². The molecule has 158 valence electrons. The second-order valence-electron chi connectivity index (χ2n) is 6.59. The Labute approximate surface area is 199 Å². The zero-order chi connectivity index (χ0) is 22.3. The lowest BCUT2D eigenvalue weighted by atomic mass is 10.1. The van der Waals surface area contributed by atoms with Crippen molar-refractivity contribution in [2.24, 2.45) is 5.14 Å². The summed E-state index contributed by atoms with van der Waals surface area (Å²) in [6, 6.07) is 18.2. The van der Waals surface area contributed by atoms with E-state index >= 15 is 0 Å². The van der Waals surface area contributed by atoms with Gasteiger partial charge in [-0.1, -0.05) is 70.7 Å². The van der Waals surface area contributed by atoms with E-state index in [9.17, 15) is 8.42 Å². The van der Waals surface area contributed by atoms with E-state index in [1.54, 1.807) is 60.7 Å². The SMILES string of the molecule is NS(=O)(=O)c1ccccc1-n1nc(-c2ccc(Cl)cc2)cc1-c1c(Cl)cc(Cl)cc1Cl. The predicted octanol–water partition coefficient (Wildman–Crippen LogP) is 6.47. The van der Waals surface area contributed by atoms with Gasteiger partial charge < -0.3 is 0 Å². The van der Waals surface area contributed by atoms with Gasteiger partial charge in [0.05, 0.1) is 27.1 Å². The number of rotatable bonds is 4. The normalized spacial score (nSPS) is 11.6. The van der Waals surface area contributed by atoms with Crippen LogP contribution in [0.4, 0.5) is 0 Å². The van der Waals surface area contributed by atoms with Gasteiger partial charge in [-0.3, -0.25) is 0 Å². The highest BCUT2D eigenvalue weighted by Gasteiger charge is 2.22. The van der Waals surface area contributed by atoms with Crippen LogP contribution in [0.2, 0.25) is 20.1 Å². The van der Waals surface area contributed by atoms with E-state index in [1.807, 2.05) is 0 Å². The number of primary sulfonamides is 1. The fourth-order valence-electron chi connectivity index (χ4n) is 3.16. The molecule has 1 heterocycles. The van der Waals surface area contributed by atoms with Crippen LogP contribution < -0.4 is 5.14 Å². The summed E-state index contributed by atoms with van der Waals surface area (Å²) < 4.78 is 25.9. The molecule has 4 aromatic rings. The molecule has 10 heteroatoms. The van der Waals surface area contributed by atoms with Crippen molar-refractivity contribution in [2.75, 3.05) is 0 Å². The first-order valence-electron chi connectivity index (χ1n) is 8.78. The van der Waals surface area contributed by atoms with Crippen LogP contribution in [0.5, 0.6) is 0 Å². The van der Waals surface area contributed by atoms with Gasteiger partial charge in [-0.2, -0.15) is 5.10 Å². The minimum atomic E-state index is -4.03. The summed E-state index contributed by atoms with van der Waals surface area (Å²) in [4.78, 5) is -0.0942. The Morgan fingerprint density at radius 1 is 0.806 bits per heavy atom. The van der Waals surface area contributed by atoms with Gasteiger partial charge >= 0.3 is 0 Å². The third-order valence-corrected chi connectivity index (χ3v) is 6.54. The van der Waals surface area contributed by atoms with Gasteiger partial charge in [0, 0.05) is 21.2 Å². The zero-order valence-electron chi connectivity index (χ0n) is 15.6. The molecule has 2 N–H and O–H groups in total. The molecular formula is C21H13Cl4N3O2S. The molecule has 5 nitrogen and oxygen atoms in total. The molecule has 0 aliphatic rings. The summed E-state index contributed by atoms with van der Waals surface area (Å²) >= 11 is 25.0. The Hall–Kier alpha value is -2.06. The van der Waals surface area contributed by atoms with Crippen LogP contribution in [0.1, 0.15) is 0 Å². The second kappa shape index (κ2) is 8.47. The van der Waals surface area contributed by atoms with Crippen molar-refractivity contribution < 1.29 is 8.42 Å². The molecule has 0 fully saturated rings. The van der Waals surface area contributed by atoms with Crippen LogP contribution in [0.3, 0.4) is 0 Å². The van der Waals surface area contributed by atoms with Crippen molar-refractivity contribution in [3.63, 3.8) is 0 Å². The van der Waals surface area contributed by atoms with E-state index in [0.717, 1.165) is 5.56 Å². The monoisotopic (exact) mass is 511 g/mol. The Balaban J connectivity index is 2.05. The van der Waals surface area contributed by atoms with Crippen molar-refractivity contribution in [1.29, 1.82) is 0 Å². The maximum Gasteiger partial charge on any atom is 0.240 e. The molecule has 0 aliphatic heterocycles. The molecule has 1 aromatic heterocycles. The minimum absolute atomic E-state index is 0.0942. The average Bonchev–Trinajstić information content (AvgIpc) is 3.12. The van der Waals surface area contributed by atoms with Gasteiger partial charge in [-0.05, 0) is 42.5 Å². The molecular weight excluding hydrogens is 500 g/mol. The summed E-state index contributed by atoms with van der Waals surface area (Å²) in [6.07, 6.45) is 0. The number of halogens is 4. The number of hydrogen-bond acceptors (Lipinski definition) is 3. The van der Waals surface area contributed by atoms with Gasteiger partial charge in [0.25, 0.3) is 0 Å². The molecule has 0 unspecified atom stereocenters. The standard InChI is InChI=1S/C21H13Cl4N3O2S/c22-13-7-5-12(6-8-13)17-11-19(21-15(24)9-14(23)10-16(21)25)28(27-17)18-3-1-2-4-20(18)31(26,29)30/h1-11H,(H2,26,29,30). The van der Waals surface area contributed by atoms with Crippen molar-refractivity contribution >= 4 is 56.4 Å². The van der Waals surface area contributed by atoms with Crippen molar-refractivity contribution in [2.45, 2.75) is 4.90 Å². The first-order valence-corrected chi connectivity index (χ1v) is 11.8. The van der Waals surface area contributed by atoms with Crippen LogP contribution >= 0.6 is 46.4 Å². The number of para-hydroxylation sites is 1. The third kappa shape index (κ3) is 4.46. The Bertz CT molecular complexity index is 1380. The third-order valence-electron chi connectivity index (χ3n) is 4.51. The Kier molecular flexibility index (Phi) is 6.05. The molecule has 3 aromatic carbocycles. The van der Waals surface area contributed by atoms with E-state index in [-0.39, 0.29) is 20.6 Å². The van der Waals surface area contributed by atoms with E-state index in [4.69, 9.17) is 51.5 Å². The Morgan fingerprint density at radius 2 is 1.42 bits per heavy atom. The number of aromatic nitrogens is 2. The number of hydrogen-bond donors (Lipinski definition) is 1. The second-order valence-corrected chi connectivity index (χ2v) is 9.81. The van der Waals surface area contributed by atoms with Crippen molar-refractivity contribution in [3.05, 3.63) is 86.8 Å². The summed E-state index contributed by atoms with van der Waals surface area (Å²) in [5.41, 5.74) is 2.48. The summed E-state index contributed by atoms with van der Waals surface area (Å²) in [6.45, 7) is 0. The number of sulfonamides is 1. The zero-order valence-corrected chi connectivity index (χ0v) is 19.4. The smallest absolute Gasteiger partial charge is 0.231 e. The number of nitrogens with zero attached hydrogens (tertiary/aromatic N) is 2. The maximum absolute atomic E-state index is 12.2.